The highest BCUT2D eigenvalue weighted by molar-refractivity contribution is 5.79. The summed E-state index contributed by atoms with van der Waals surface area (Å²) in [4.78, 5) is 19.7. The van der Waals surface area contributed by atoms with Crippen molar-refractivity contribution in [1.29, 1.82) is 0 Å². The number of methoxy groups -OCH3 is 1. The maximum Gasteiger partial charge on any atom is 0.227 e. The van der Waals surface area contributed by atoms with Crippen LogP contribution < -0.4 is 4.74 Å². The third-order valence-electron chi connectivity index (χ3n) is 5.84. The molecule has 2 aromatic carbocycles. The van der Waals surface area contributed by atoms with E-state index in [2.05, 4.69) is 11.1 Å². The molecule has 0 spiro atoms. The van der Waals surface area contributed by atoms with Crippen molar-refractivity contribution in [3.05, 3.63) is 95.1 Å². The number of likely N-dealkylation sites (tertiary alicyclic amines) is 1. The molecule has 5 heteroatoms. The van der Waals surface area contributed by atoms with Crippen molar-refractivity contribution in [3.63, 3.8) is 0 Å². The van der Waals surface area contributed by atoms with Crippen LogP contribution in [-0.4, -0.2) is 29.4 Å². The fourth-order valence-electron chi connectivity index (χ4n) is 4.19. The molecule has 0 radical (unpaired) electrons. The summed E-state index contributed by atoms with van der Waals surface area (Å²) in [5.74, 6) is 0.692. The second-order valence-electron chi connectivity index (χ2n) is 8.01. The van der Waals surface area contributed by atoms with Gasteiger partial charge in [0.1, 0.15) is 11.6 Å². The zero-order chi connectivity index (χ0) is 21.6. The second kappa shape index (κ2) is 9.73. The first kappa shape index (κ1) is 21.0. The van der Waals surface area contributed by atoms with E-state index in [4.69, 9.17) is 4.74 Å². The third kappa shape index (κ3) is 5.29. The number of halogens is 1. The van der Waals surface area contributed by atoms with Crippen molar-refractivity contribution in [3.8, 4) is 5.75 Å². The molecule has 1 atom stereocenters. The highest BCUT2D eigenvalue weighted by Gasteiger charge is 2.28. The van der Waals surface area contributed by atoms with E-state index in [0.29, 0.717) is 12.8 Å². The first-order chi connectivity index (χ1) is 15.1. The van der Waals surface area contributed by atoms with Gasteiger partial charge in [0.25, 0.3) is 0 Å². The van der Waals surface area contributed by atoms with Crippen LogP contribution in [0.5, 0.6) is 5.75 Å². The number of carbonyl (C=O) groups is 1. The Labute approximate surface area is 182 Å². The van der Waals surface area contributed by atoms with Crippen LogP contribution in [0.15, 0.2) is 66.9 Å². The van der Waals surface area contributed by atoms with Crippen LogP contribution in [0.1, 0.15) is 47.7 Å². The Morgan fingerprint density at radius 1 is 1.10 bits per heavy atom. The van der Waals surface area contributed by atoms with Crippen LogP contribution in [0.3, 0.4) is 0 Å². The minimum atomic E-state index is -0.234. The minimum Gasteiger partial charge on any atom is -0.497 e. The van der Waals surface area contributed by atoms with Gasteiger partial charge in [-0.05, 0) is 66.3 Å². The van der Waals surface area contributed by atoms with E-state index < -0.39 is 0 Å². The van der Waals surface area contributed by atoms with Crippen molar-refractivity contribution in [1.82, 2.24) is 9.88 Å². The highest BCUT2D eigenvalue weighted by Crippen LogP contribution is 2.31. The lowest BCUT2D eigenvalue weighted by Gasteiger charge is -2.36. The Hall–Kier alpha value is -3.21. The van der Waals surface area contributed by atoms with Crippen LogP contribution in [0.25, 0.3) is 0 Å². The number of hydrogen-bond acceptors (Lipinski definition) is 3. The van der Waals surface area contributed by atoms with Gasteiger partial charge in [0.15, 0.2) is 0 Å². The van der Waals surface area contributed by atoms with E-state index in [1.54, 1.807) is 13.2 Å². The smallest absolute Gasteiger partial charge is 0.227 e. The van der Waals surface area contributed by atoms with Crippen LogP contribution >= 0.6 is 0 Å². The van der Waals surface area contributed by atoms with Gasteiger partial charge in [-0.15, -0.1) is 0 Å². The van der Waals surface area contributed by atoms with E-state index in [0.717, 1.165) is 53.9 Å². The second-order valence-corrected chi connectivity index (χ2v) is 8.01. The topological polar surface area (TPSA) is 42.4 Å². The fraction of sp³-hybridized carbons (Fsp3) is 0.308. The van der Waals surface area contributed by atoms with E-state index >= 15 is 0 Å². The normalized spacial score (nSPS) is 16.2. The summed E-state index contributed by atoms with van der Waals surface area (Å²) in [5.41, 5.74) is 3.83. The van der Waals surface area contributed by atoms with Crippen molar-refractivity contribution in [2.45, 2.75) is 38.1 Å². The van der Waals surface area contributed by atoms with Gasteiger partial charge in [-0.25, -0.2) is 4.39 Å². The monoisotopic (exact) mass is 418 g/mol. The first-order valence-corrected chi connectivity index (χ1v) is 10.7. The number of nitrogens with zero attached hydrogens (tertiary/aromatic N) is 2. The lowest BCUT2D eigenvalue weighted by molar-refractivity contribution is -0.134. The molecule has 0 N–H and O–H groups in total. The summed E-state index contributed by atoms with van der Waals surface area (Å²) < 4.78 is 18.6. The largest absolute Gasteiger partial charge is 0.497 e. The first-order valence-electron chi connectivity index (χ1n) is 10.7. The van der Waals surface area contributed by atoms with Crippen molar-refractivity contribution < 1.29 is 13.9 Å². The molecule has 4 nitrogen and oxygen atoms in total. The van der Waals surface area contributed by atoms with Crippen LogP contribution in [0.2, 0.25) is 0 Å². The molecule has 0 aliphatic carbocycles. The summed E-state index contributed by atoms with van der Waals surface area (Å²) in [6, 6.07) is 18.4. The lowest BCUT2D eigenvalue weighted by atomic mass is 9.95. The molecule has 1 unspecified atom stereocenters. The predicted molar refractivity (Wildman–Crippen MR) is 118 cm³/mol. The van der Waals surface area contributed by atoms with Gasteiger partial charge in [0.2, 0.25) is 5.91 Å². The van der Waals surface area contributed by atoms with E-state index in [9.17, 15) is 9.18 Å². The Kier molecular flexibility index (Phi) is 6.60. The Balaban J connectivity index is 1.45. The highest BCUT2D eigenvalue weighted by atomic mass is 19.1. The molecule has 2 heterocycles. The number of pyridine rings is 1. The third-order valence-corrected chi connectivity index (χ3v) is 5.84. The minimum absolute atomic E-state index is 0.0511. The molecule has 1 amide bonds. The molecule has 3 aromatic rings. The van der Waals surface area contributed by atoms with Gasteiger partial charge in [0, 0.05) is 24.9 Å². The maximum absolute atomic E-state index is 13.4. The Morgan fingerprint density at radius 3 is 2.65 bits per heavy atom. The number of hydrogen-bond donors (Lipinski definition) is 0. The summed E-state index contributed by atoms with van der Waals surface area (Å²) >= 11 is 0. The molecular formula is C26H27FN2O2. The van der Waals surface area contributed by atoms with Gasteiger partial charge in [-0.1, -0.05) is 30.3 Å². The number of aromatic nitrogens is 1. The molecule has 4 rings (SSSR count). The van der Waals surface area contributed by atoms with Gasteiger partial charge in [-0.3, -0.25) is 9.78 Å². The van der Waals surface area contributed by atoms with Gasteiger partial charge in [-0.2, -0.15) is 0 Å². The quantitative estimate of drug-likeness (QED) is 0.558. The molecule has 1 aliphatic heterocycles. The zero-order valence-electron chi connectivity index (χ0n) is 17.8. The fourth-order valence-corrected chi connectivity index (χ4v) is 4.19. The molecule has 1 aromatic heterocycles. The van der Waals surface area contributed by atoms with Gasteiger partial charge in [0.05, 0.1) is 19.6 Å². The SMILES string of the molecule is COc1ccc(CC(=O)N2CCCCC2c2ccc(Cc3cccc(F)c3)nc2)cc1. The predicted octanol–water partition coefficient (Wildman–Crippen LogP) is 5.12. The molecule has 31 heavy (non-hydrogen) atoms. The summed E-state index contributed by atoms with van der Waals surface area (Å²) in [5, 5.41) is 0. The van der Waals surface area contributed by atoms with E-state index in [1.807, 2.05) is 47.5 Å². The molecule has 1 fully saturated rings. The number of ether oxygens (including phenoxy) is 1. The number of carbonyl (C=O) groups excluding carboxylic acids is 1. The van der Waals surface area contributed by atoms with Crippen LogP contribution in [0.4, 0.5) is 4.39 Å². The Bertz CT molecular complexity index is 1020. The molecule has 0 bridgehead atoms. The van der Waals surface area contributed by atoms with E-state index in [-0.39, 0.29) is 17.8 Å². The average molecular weight is 419 g/mol. The Morgan fingerprint density at radius 2 is 1.94 bits per heavy atom. The zero-order valence-corrected chi connectivity index (χ0v) is 17.8. The number of rotatable bonds is 6. The van der Waals surface area contributed by atoms with E-state index in [1.165, 1.54) is 12.1 Å². The standard InChI is InChI=1S/C26H27FN2O2/c1-31-24-12-8-19(9-13-24)17-26(30)29-14-3-2-7-25(29)21-10-11-23(28-18-21)16-20-5-4-6-22(27)15-20/h4-6,8-13,15,18,25H,2-3,7,14,16-17H2,1H3. The van der Waals surface area contributed by atoms with Crippen molar-refractivity contribution in [2.75, 3.05) is 13.7 Å². The van der Waals surface area contributed by atoms with Crippen LogP contribution in [0, 0.1) is 5.82 Å². The van der Waals surface area contributed by atoms with Crippen molar-refractivity contribution >= 4 is 5.91 Å². The molecule has 1 aliphatic rings. The molecule has 160 valence electrons. The molecule has 1 saturated heterocycles. The number of benzene rings is 2. The van der Waals surface area contributed by atoms with Gasteiger partial charge >= 0.3 is 0 Å². The van der Waals surface area contributed by atoms with Crippen molar-refractivity contribution in [2.24, 2.45) is 0 Å². The number of piperidine rings is 1. The van der Waals surface area contributed by atoms with Crippen LogP contribution in [-0.2, 0) is 17.6 Å². The number of amides is 1. The average Bonchev–Trinajstić information content (AvgIpc) is 2.80. The summed E-state index contributed by atoms with van der Waals surface area (Å²) in [7, 11) is 1.63. The lowest BCUT2D eigenvalue weighted by Crippen LogP contribution is -2.39. The van der Waals surface area contributed by atoms with Gasteiger partial charge < -0.3 is 9.64 Å². The molecular weight excluding hydrogens is 391 g/mol. The summed E-state index contributed by atoms with van der Waals surface area (Å²) in [6.45, 7) is 0.769. The summed E-state index contributed by atoms with van der Waals surface area (Å²) in [6.07, 6.45) is 5.91. The molecule has 0 saturated carbocycles. The maximum atomic E-state index is 13.4.